The lowest BCUT2D eigenvalue weighted by molar-refractivity contribution is -0.123. The number of nitrogens with zero attached hydrogens (tertiary/aromatic N) is 1. The Bertz CT molecular complexity index is 1410. The van der Waals surface area contributed by atoms with Gasteiger partial charge in [-0.05, 0) is 84.7 Å². The monoisotopic (exact) mass is 512 g/mol. The first-order chi connectivity index (χ1) is 18.4. The zero-order valence-corrected chi connectivity index (χ0v) is 20.4. The van der Waals surface area contributed by atoms with Gasteiger partial charge in [-0.3, -0.25) is 19.3 Å². The lowest BCUT2D eigenvalue weighted by Gasteiger charge is -2.28. The average molecular weight is 513 g/mol. The average Bonchev–Trinajstić information content (AvgIpc) is 3.60. The molecule has 38 heavy (non-hydrogen) atoms. The highest BCUT2D eigenvalue weighted by Crippen LogP contribution is 2.61. The predicted molar refractivity (Wildman–Crippen MR) is 137 cm³/mol. The third kappa shape index (κ3) is 4.16. The van der Waals surface area contributed by atoms with Gasteiger partial charge in [0.25, 0.3) is 5.91 Å². The van der Waals surface area contributed by atoms with Gasteiger partial charge in [0.2, 0.25) is 11.8 Å². The number of benzene rings is 3. The molecule has 192 valence electrons. The number of anilines is 2. The number of hydrogen-bond acceptors (Lipinski definition) is 5. The highest BCUT2D eigenvalue weighted by atomic mass is 19.1. The van der Waals surface area contributed by atoms with E-state index in [1.165, 1.54) is 46.9 Å². The summed E-state index contributed by atoms with van der Waals surface area (Å²) in [5, 5.41) is 2.51. The van der Waals surface area contributed by atoms with Gasteiger partial charge < -0.3 is 10.1 Å². The van der Waals surface area contributed by atoms with Crippen molar-refractivity contribution in [2.75, 3.05) is 16.8 Å². The number of esters is 1. The van der Waals surface area contributed by atoms with E-state index in [4.69, 9.17) is 4.74 Å². The molecule has 3 aromatic rings. The first kappa shape index (κ1) is 24.0. The summed E-state index contributed by atoms with van der Waals surface area (Å²) in [6, 6.07) is 21.5. The van der Waals surface area contributed by atoms with Crippen molar-refractivity contribution in [1.29, 1.82) is 0 Å². The highest BCUT2D eigenvalue weighted by Gasteiger charge is 2.64. The van der Waals surface area contributed by atoms with Crippen molar-refractivity contribution in [3.8, 4) is 0 Å². The number of fused-ring (bicyclic) bond motifs is 5. The van der Waals surface area contributed by atoms with E-state index >= 15 is 0 Å². The van der Waals surface area contributed by atoms with Crippen molar-refractivity contribution in [1.82, 2.24) is 0 Å². The topological polar surface area (TPSA) is 92.8 Å². The molecule has 1 heterocycles. The Labute approximate surface area is 218 Å². The van der Waals surface area contributed by atoms with Crippen LogP contribution in [0.4, 0.5) is 15.8 Å². The van der Waals surface area contributed by atoms with Crippen LogP contribution in [-0.2, 0) is 19.1 Å². The molecule has 3 amide bonds. The van der Waals surface area contributed by atoms with Gasteiger partial charge in [-0.15, -0.1) is 0 Å². The minimum absolute atomic E-state index is 0.157. The van der Waals surface area contributed by atoms with Crippen molar-refractivity contribution in [2.45, 2.75) is 18.8 Å². The SMILES string of the molecule is O=C(COC(=O)c1ccc(N2C(=O)[C@@H]3[C@@H]4C[C@@H]([C@@H]3C2=O)[C@@H](c2ccccc2)C4)cc1)Nc1ccc(F)cc1. The molecule has 1 N–H and O–H groups in total. The highest BCUT2D eigenvalue weighted by molar-refractivity contribution is 6.22. The van der Waals surface area contributed by atoms with Crippen molar-refractivity contribution in [3.63, 3.8) is 0 Å². The van der Waals surface area contributed by atoms with E-state index in [9.17, 15) is 23.6 Å². The molecule has 3 aromatic carbocycles. The van der Waals surface area contributed by atoms with Crippen LogP contribution in [-0.4, -0.2) is 30.3 Å². The fourth-order valence-corrected chi connectivity index (χ4v) is 6.49. The Morgan fingerprint density at radius 3 is 2.26 bits per heavy atom. The zero-order chi connectivity index (χ0) is 26.4. The van der Waals surface area contributed by atoms with Crippen LogP contribution in [0, 0.1) is 29.5 Å². The minimum atomic E-state index is -0.717. The quantitative estimate of drug-likeness (QED) is 0.386. The first-order valence-electron chi connectivity index (χ1n) is 12.7. The molecule has 3 fully saturated rings. The van der Waals surface area contributed by atoms with Gasteiger partial charge in [0.1, 0.15) is 5.82 Å². The van der Waals surface area contributed by atoms with E-state index in [2.05, 4.69) is 17.4 Å². The van der Waals surface area contributed by atoms with Crippen LogP contribution < -0.4 is 10.2 Å². The standard InChI is InChI=1S/C30H25FN2O5/c31-20-8-10-21(11-9-20)32-25(34)16-38-30(37)18-6-12-22(13-7-18)33-28(35)26-19-14-23(17-4-2-1-3-5-17)24(15-19)27(26)29(33)36/h1-13,19,23-24,26-27H,14-16H2,(H,32,34)/t19-,23+,24+,26+,27-/m0/s1. The second-order valence-corrected chi connectivity index (χ2v) is 10.2. The Kier molecular flexibility index (Phi) is 6.02. The van der Waals surface area contributed by atoms with Crippen molar-refractivity contribution >= 4 is 35.1 Å². The van der Waals surface area contributed by atoms with E-state index < -0.39 is 24.3 Å². The van der Waals surface area contributed by atoms with E-state index in [1.807, 2.05) is 18.2 Å². The van der Waals surface area contributed by atoms with E-state index in [-0.39, 0.29) is 47.0 Å². The van der Waals surface area contributed by atoms with Crippen LogP contribution in [0.5, 0.6) is 0 Å². The third-order valence-corrected chi connectivity index (χ3v) is 8.07. The molecular formula is C30H25FN2O5. The Hall–Kier alpha value is -4.33. The summed E-state index contributed by atoms with van der Waals surface area (Å²) in [6.45, 7) is -0.518. The van der Waals surface area contributed by atoms with Crippen molar-refractivity contribution in [2.24, 2.45) is 23.7 Å². The number of hydrogen-bond donors (Lipinski definition) is 1. The fourth-order valence-electron chi connectivity index (χ4n) is 6.49. The molecule has 2 aliphatic carbocycles. The number of halogens is 1. The number of rotatable bonds is 6. The van der Waals surface area contributed by atoms with Crippen LogP contribution in [0.15, 0.2) is 78.9 Å². The number of nitrogens with one attached hydrogen (secondary N) is 1. The number of amides is 3. The molecule has 7 nitrogen and oxygen atoms in total. The molecule has 0 aromatic heterocycles. The fraction of sp³-hybridized carbons (Fsp3) is 0.267. The molecule has 0 unspecified atom stereocenters. The lowest BCUT2D eigenvalue weighted by atomic mass is 9.73. The van der Waals surface area contributed by atoms with E-state index in [0.29, 0.717) is 11.4 Å². The van der Waals surface area contributed by atoms with Crippen LogP contribution in [0.2, 0.25) is 0 Å². The molecule has 0 radical (unpaired) electrons. The summed E-state index contributed by atoms with van der Waals surface area (Å²) in [5.74, 6) is -1.98. The molecule has 5 atom stereocenters. The zero-order valence-electron chi connectivity index (χ0n) is 20.4. The molecule has 3 aliphatic rings. The summed E-state index contributed by atoms with van der Waals surface area (Å²) in [4.78, 5) is 52.6. The van der Waals surface area contributed by atoms with Gasteiger partial charge >= 0.3 is 5.97 Å². The summed E-state index contributed by atoms with van der Waals surface area (Å²) < 4.78 is 18.1. The lowest BCUT2D eigenvalue weighted by Crippen LogP contribution is -2.33. The van der Waals surface area contributed by atoms with Crippen molar-refractivity contribution in [3.05, 3.63) is 95.8 Å². The summed E-state index contributed by atoms with van der Waals surface area (Å²) in [7, 11) is 0. The van der Waals surface area contributed by atoms with Gasteiger partial charge in [0, 0.05) is 5.69 Å². The molecule has 2 saturated carbocycles. The van der Waals surface area contributed by atoms with Gasteiger partial charge in [0.05, 0.1) is 23.1 Å². The Balaban J connectivity index is 1.10. The maximum atomic E-state index is 13.5. The van der Waals surface area contributed by atoms with Crippen LogP contribution in [0.3, 0.4) is 0 Å². The molecule has 8 heteroatoms. The Morgan fingerprint density at radius 2 is 1.55 bits per heavy atom. The maximum absolute atomic E-state index is 13.5. The molecule has 1 aliphatic heterocycles. The molecule has 1 saturated heterocycles. The number of carbonyl (C=O) groups is 4. The predicted octanol–water partition coefficient (Wildman–Crippen LogP) is 4.55. The maximum Gasteiger partial charge on any atom is 0.338 e. The van der Waals surface area contributed by atoms with Crippen LogP contribution in [0.25, 0.3) is 0 Å². The smallest absolute Gasteiger partial charge is 0.338 e. The number of ether oxygens (including phenoxy) is 1. The van der Waals surface area contributed by atoms with Gasteiger partial charge in [-0.2, -0.15) is 0 Å². The second-order valence-electron chi connectivity index (χ2n) is 10.2. The molecule has 2 bridgehead atoms. The molecule has 6 rings (SSSR count). The first-order valence-corrected chi connectivity index (χ1v) is 12.7. The normalized spacial score (nSPS) is 25.4. The van der Waals surface area contributed by atoms with Gasteiger partial charge in [0.15, 0.2) is 6.61 Å². The summed E-state index contributed by atoms with van der Waals surface area (Å²) >= 11 is 0. The van der Waals surface area contributed by atoms with Crippen LogP contribution in [0.1, 0.15) is 34.7 Å². The number of imide groups is 1. The molecular weight excluding hydrogens is 487 g/mol. The third-order valence-electron chi connectivity index (χ3n) is 8.07. The second kappa shape index (κ2) is 9.52. The molecule has 0 spiro atoms. The van der Waals surface area contributed by atoms with Gasteiger partial charge in [-0.25, -0.2) is 9.18 Å². The van der Waals surface area contributed by atoms with Gasteiger partial charge in [-0.1, -0.05) is 30.3 Å². The summed E-state index contributed by atoms with van der Waals surface area (Å²) in [5.41, 5.74) is 2.22. The van der Waals surface area contributed by atoms with E-state index in [1.54, 1.807) is 12.1 Å². The van der Waals surface area contributed by atoms with Crippen molar-refractivity contribution < 1.29 is 28.3 Å². The Morgan fingerprint density at radius 1 is 0.868 bits per heavy atom. The van der Waals surface area contributed by atoms with E-state index in [0.717, 1.165) is 12.8 Å². The summed E-state index contributed by atoms with van der Waals surface area (Å²) in [6.07, 6.45) is 1.82. The number of carbonyl (C=O) groups excluding carboxylic acids is 4. The minimum Gasteiger partial charge on any atom is -0.452 e. The largest absolute Gasteiger partial charge is 0.452 e. The van der Waals surface area contributed by atoms with Crippen LogP contribution >= 0.6 is 0 Å².